The summed E-state index contributed by atoms with van der Waals surface area (Å²) in [7, 11) is 1.80. The van der Waals surface area contributed by atoms with Gasteiger partial charge in [-0.05, 0) is 48.0 Å². The molecule has 0 saturated carbocycles. The fourth-order valence-electron chi connectivity index (χ4n) is 5.84. The molecule has 1 fully saturated rings. The van der Waals surface area contributed by atoms with Crippen LogP contribution in [0.2, 0.25) is 0 Å². The molecule has 11 nitrogen and oxygen atoms in total. The molecule has 274 valence electrons. The zero-order valence-electron chi connectivity index (χ0n) is 27.9. The van der Waals surface area contributed by atoms with Crippen LogP contribution in [0.15, 0.2) is 89.7 Å². The van der Waals surface area contributed by atoms with Crippen LogP contribution >= 0.6 is 0 Å². The van der Waals surface area contributed by atoms with Crippen LogP contribution in [0.3, 0.4) is 0 Å². The number of hydrogen-bond acceptors (Lipinski definition) is 9. The molecule has 0 unspecified atom stereocenters. The first-order valence-corrected chi connectivity index (χ1v) is 16.2. The number of carbonyl (C=O) groups is 1. The molecule has 1 aliphatic rings. The maximum absolute atomic E-state index is 13.6. The summed E-state index contributed by atoms with van der Waals surface area (Å²) in [6.45, 7) is 1.52. The van der Waals surface area contributed by atoms with Gasteiger partial charge in [-0.3, -0.25) is 9.69 Å². The third kappa shape index (κ3) is 8.25. The van der Waals surface area contributed by atoms with E-state index in [0.717, 1.165) is 28.6 Å². The van der Waals surface area contributed by atoms with Crippen molar-refractivity contribution in [3.05, 3.63) is 102 Å². The van der Waals surface area contributed by atoms with Gasteiger partial charge < -0.3 is 23.5 Å². The lowest BCUT2D eigenvalue weighted by molar-refractivity contribution is -0.153. The van der Waals surface area contributed by atoms with E-state index in [-0.39, 0.29) is 40.5 Å². The van der Waals surface area contributed by atoms with E-state index >= 15 is 0 Å². The Morgan fingerprint density at radius 2 is 1.62 bits per heavy atom. The second-order valence-electron chi connectivity index (χ2n) is 12.3. The second-order valence-corrected chi connectivity index (χ2v) is 12.3. The molecule has 0 radical (unpaired) electrons. The summed E-state index contributed by atoms with van der Waals surface area (Å²) in [4.78, 5) is 30.2. The third-order valence-corrected chi connectivity index (χ3v) is 8.57. The van der Waals surface area contributed by atoms with Crippen molar-refractivity contribution >= 4 is 16.8 Å². The minimum absolute atomic E-state index is 0.0349. The summed E-state index contributed by atoms with van der Waals surface area (Å²) >= 11 is 0. The molecule has 1 saturated heterocycles. The summed E-state index contributed by atoms with van der Waals surface area (Å²) in [6.07, 6.45) is -6.24. The van der Waals surface area contributed by atoms with Gasteiger partial charge in [0.1, 0.15) is 22.9 Å². The number of halogens is 6. The van der Waals surface area contributed by atoms with Crippen LogP contribution in [0.1, 0.15) is 21.6 Å². The Morgan fingerprint density at radius 3 is 2.32 bits per heavy atom. The smallest absolute Gasteiger partial charge is 0.422 e. The molecule has 3 aromatic carbocycles. The number of aryl methyl sites for hydroxylation is 1. The Labute approximate surface area is 297 Å². The van der Waals surface area contributed by atoms with Gasteiger partial charge >= 0.3 is 12.4 Å². The minimum Gasteiger partial charge on any atom is -0.484 e. The Hall–Kier alpha value is -5.97. The fraction of sp³-hybridized carbons (Fsp3) is 0.250. The van der Waals surface area contributed by atoms with Crippen molar-refractivity contribution in [3.63, 3.8) is 0 Å². The van der Waals surface area contributed by atoms with E-state index in [9.17, 15) is 31.1 Å². The number of aromatic nitrogens is 5. The zero-order chi connectivity index (χ0) is 37.3. The molecule has 0 atom stereocenters. The van der Waals surface area contributed by atoms with Crippen molar-refractivity contribution in [3.8, 4) is 40.4 Å². The maximum atomic E-state index is 13.6. The molecule has 0 spiro atoms. The summed E-state index contributed by atoms with van der Waals surface area (Å²) in [5, 5.41) is 4.61. The highest BCUT2D eigenvalue weighted by Crippen LogP contribution is 2.32. The number of fused-ring (bicyclic) bond motifs is 1. The lowest BCUT2D eigenvalue weighted by Crippen LogP contribution is -2.48. The second kappa shape index (κ2) is 14.2. The molecule has 1 amide bonds. The van der Waals surface area contributed by atoms with Gasteiger partial charge in [0.2, 0.25) is 11.7 Å². The maximum Gasteiger partial charge on any atom is 0.422 e. The highest BCUT2D eigenvalue weighted by atomic mass is 19.4. The number of amides is 1. The molecular weight excluding hydrogens is 708 g/mol. The molecule has 6 aromatic rings. The number of benzene rings is 3. The Bertz CT molecular complexity index is 2230. The third-order valence-electron chi connectivity index (χ3n) is 8.57. The van der Waals surface area contributed by atoms with Gasteiger partial charge in [0.25, 0.3) is 11.8 Å². The largest absolute Gasteiger partial charge is 0.484 e. The number of carbonyl (C=O) groups excluding carboxylic acids is 1. The normalized spacial score (nSPS) is 14.1. The van der Waals surface area contributed by atoms with Crippen LogP contribution in [-0.2, 0) is 19.8 Å². The summed E-state index contributed by atoms with van der Waals surface area (Å²) in [5.41, 5.74) is 1.68. The molecule has 0 aliphatic carbocycles. The van der Waals surface area contributed by atoms with E-state index < -0.39 is 24.5 Å². The van der Waals surface area contributed by atoms with Crippen molar-refractivity contribution in [2.24, 2.45) is 7.05 Å². The van der Waals surface area contributed by atoms with E-state index in [0.29, 0.717) is 44.2 Å². The van der Waals surface area contributed by atoms with Crippen molar-refractivity contribution in [1.29, 1.82) is 0 Å². The Balaban J connectivity index is 0.953. The SMILES string of the molecule is Cn1c(C(=O)N2CCN(Cc3ccc(OCC(F)(F)F)cc3)CC2)cc2ccc(Oc3cnc(-c4nc(-c5cccc(C(F)(F)F)c5)no4)cn3)cc21. The molecule has 7 rings (SSSR count). The van der Waals surface area contributed by atoms with Crippen molar-refractivity contribution in [1.82, 2.24) is 34.5 Å². The van der Waals surface area contributed by atoms with Crippen LogP contribution in [-0.4, -0.2) is 79.3 Å². The number of piperazine rings is 1. The average molecular weight is 738 g/mol. The van der Waals surface area contributed by atoms with E-state index in [1.165, 1.54) is 36.7 Å². The molecule has 53 heavy (non-hydrogen) atoms. The Morgan fingerprint density at radius 1 is 0.868 bits per heavy atom. The number of nitrogens with zero attached hydrogens (tertiary/aromatic N) is 7. The topological polar surface area (TPSA) is 112 Å². The molecular formula is C36H29F6N7O4. The van der Waals surface area contributed by atoms with Crippen LogP contribution in [0, 0.1) is 0 Å². The summed E-state index contributed by atoms with van der Waals surface area (Å²) < 4.78 is 94.3. The predicted molar refractivity (Wildman–Crippen MR) is 178 cm³/mol. The van der Waals surface area contributed by atoms with Gasteiger partial charge in [0.05, 0.1) is 23.5 Å². The van der Waals surface area contributed by atoms with E-state index in [4.69, 9.17) is 14.0 Å². The first-order valence-electron chi connectivity index (χ1n) is 16.2. The van der Waals surface area contributed by atoms with E-state index in [2.05, 4.69) is 25.0 Å². The standard InChI is InChI=1S/C36H29F6N7O4/c1-47-29-17-27(52-31-19-43-28(18-44-31)33-45-32(46-53-33)24-3-2-4-25(15-24)36(40,41)42)10-7-23(29)16-30(47)34(50)49-13-11-48(12-14-49)20-22-5-8-26(9-6-22)51-21-35(37,38)39/h2-10,15-19H,11-14,20-21H2,1H3. The van der Waals surface area contributed by atoms with E-state index in [1.807, 2.05) is 12.1 Å². The molecule has 1 aliphatic heterocycles. The highest BCUT2D eigenvalue weighted by molar-refractivity contribution is 5.99. The number of hydrogen-bond donors (Lipinski definition) is 0. The number of ether oxygens (including phenoxy) is 2. The summed E-state index contributed by atoms with van der Waals surface area (Å²) in [6, 6.07) is 18.3. The van der Waals surface area contributed by atoms with E-state index in [1.54, 1.807) is 40.8 Å². The van der Waals surface area contributed by atoms with Gasteiger partial charge in [-0.2, -0.15) is 31.3 Å². The van der Waals surface area contributed by atoms with Crippen LogP contribution in [0.5, 0.6) is 17.4 Å². The number of rotatable bonds is 9. The van der Waals surface area contributed by atoms with Gasteiger partial charge in [-0.25, -0.2) is 9.97 Å². The van der Waals surface area contributed by atoms with Crippen LogP contribution in [0.25, 0.3) is 33.9 Å². The lowest BCUT2D eigenvalue weighted by Gasteiger charge is -2.34. The average Bonchev–Trinajstić information content (AvgIpc) is 3.76. The highest BCUT2D eigenvalue weighted by Gasteiger charge is 2.31. The molecule has 3 aromatic heterocycles. The first kappa shape index (κ1) is 35.4. The van der Waals surface area contributed by atoms with Gasteiger partial charge in [0, 0.05) is 56.8 Å². The number of alkyl halides is 6. The van der Waals surface area contributed by atoms with Crippen LogP contribution < -0.4 is 9.47 Å². The van der Waals surface area contributed by atoms with Gasteiger partial charge in [-0.15, -0.1) is 0 Å². The lowest BCUT2D eigenvalue weighted by atomic mass is 10.1. The quantitative estimate of drug-likeness (QED) is 0.140. The monoisotopic (exact) mass is 737 g/mol. The van der Waals surface area contributed by atoms with Gasteiger partial charge in [-0.1, -0.05) is 29.4 Å². The molecule has 4 heterocycles. The fourth-order valence-corrected chi connectivity index (χ4v) is 5.84. The summed E-state index contributed by atoms with van der Waals surface area (Å²) in [5.74, 6) is 0.560. The Kier molecular flexibility index (Phi) is 9.50. The van der Waals surface area contributed by atoms with Crippen molar-refractivity contribution in [2.75, 3.05) is 32.8 Å². The minimum atomic E-state index is -4.52. The predicted octanol–water partition coefficient (Wildman–Crippen LogP) is 7.40. The molecule has 0 bridgehead atoms. The van der Waals surface area contributed by atoms with Crippen molar-refractivity contribution in [2.45, 2.75) is 18.9 Å². The first-order chi connectivity index (χ1) is 25.3. The zero-order valence-corrected chi connectivity index (χ0v) is 27.9. The molecule has 17 heteroatoms. The van der Waals surface area contributed by atoms with Crippen molar-refractivity contribution < 1.29 is 45.1 Å². The van der Waals surface area contributed by atoms with Crippen LogP contribution in [0.4, 0.5) is 26.3 Å². The van der Waals surface area contributed by atoms with Gasteiger partial charge in [0.15, 0.2) is 6.61 Å². The molecule has 0 N–H and O–H groups in total.